The van der Waals surface area contributed by atoms with Crippen molar-refractivity contribution >= 4 is 27.6 Å². The van der Waals surface area contributed by atoms with Crippen molar-refractivity contribution in [1.29, 1.82) is 0 Å². The average Bonchev–Trinajstić information content (AvgIpc) is 2.34. The molecule has 1 aliphatic heterocycles. The molecular formula is C13H17BrN2O2. The molecule has 1 fully saturated rings. The summed E-state index contributed by atoms with van der Waals surface area (Å²) in [6, 6.07) is 5.56. The molecule has 1 saturated heterocycles. The standard InChI is InChI=1S/C13H17BrN2O2/c1-16-6-4-10(5-7-16)15-12-3-2-9(13(17)18)8-11(12)14/h2-3,8,10,15H,4-7H2,1H3,(H,17,18). The van der Waals surface area contributed by atoms with Gasteiger partial charge in [0.1, 0.15) is 0 Å². The summed E-state index contributed by atoms with van der Waals surface area (Å²) in [5.74, 6) is -0.901. The Bertz CT molecular complexity index is 443. The molecule has 0 atom stereocenters. The molecule has 18 heavy (non-hydrogen) atoms. The third kappa shape index (κ3) is 3.23. The zero-order chi connectivity index (χ0) is 13.1. The largest absolute Gasteiger partial charge is 0.478 e. The number of carbonyl (C=O) groups is 1. The highest BCUT2D eigenvalue weighted by molar-refractivity contribution is 9.10. The minimum Gasteiger partial charge on any atom is -0.478 e. The van der Waals surface area contributed by atoms with E-state index in [4.69, 9.17) is 5.11 Å². The fourth-order valence-electron chi connectivity index (χ4n) is 2.14. The molecule has 0 unspecified atom stereocenters. The van der Waals surface area contributed by atoms with E-state index in [1.807, 2.05) is 6.07 Å². The second-order valence-electron chi connectivity index (χ2n) is 4.72. The van der Waals surface area contributed by atoms with Gasteiger partial charge in [-0.25, -0.2) is 4.79 Å². The Morgan fingerprint density at radius 3 is 2.67 bits per heavy atom. The topological polar surface area (TPSA) is 52.6 Å². The number of nitrogens with zero attached hydrogens (tertiary/aromatic N) is 1. The van der Waals surface area contributed by atoms with Crippen LogP contribution in [0.25, 0.3) is 0 Å². The van der Waals surface area contributed by atoms with Gasteiger partial charge in [-0.05, 0) is 67.1 Å². The molecular weight excluding hydrogens is 296 g/mol. The first-order valence-corrected chi connectivity index (χ1v) is 6.83. The molecule has 1 aliphatic rings. The molecule has 0 radical (unpaired) electrons. The van der Waals surface area contributed by atoms with Crippen LogP contribution in [0, 0.1) is 0 Å². The van der Waals surface area contributed by atoms with Crippen LogP contribution in [0.3, 0.4) is 0 Å². The van der Waals surface area contributed by atoms with Crippen molar-refractivity contribution in [3.63, 3.8) is 0 Å². The molecule has 0 saturated carbocycles. The van der Waals surface area contributed by atoms with Crippen molar-refractivity contribution in [2.75, 3.05) is 25.5 Å². The summed E-state index contributed by atoms with van der Waals surface area (Å²) >= 11 is 3.42. The minimum atomic E-state index is -0.901. The lowest BCUT2D eigenvalue weighted by Gasteiger charge is -2.30. The number of piperidine rings is 1. The van der Waals surface area contributed by atoms with Crippen LogP contribution in [0.1, 0.15) is 23.2 Å². The third-order valence-corrected chi connectivity index (χ3v) is 3.95. The van der Waals surface area contributed by atoms with Gasteiger partial charge >= 0.3 is 5.97 Å². The summed E-state index contributed by atoms with van der Waals surface area (Å²) in [7, 11) is 2.13. The number of hydrogen-bond donors (Lipinski definition) is 2. The smallest absolute Gasteiger partial charge is 0.335 e. The van der Waals surface area contributed by atoms with Gasteiger partial charge < -0.3 is 15.3 Å². The van der Waals surface area contributed by atoms with E-state index >= 15 is 0 Å². The number of nitrogens with one attached hydrogen (secondary N) is 1. The lowest BCUT2D eigenvalue weighted by atomic mass is 10.0. The van der Waals surface area contributed by atoms with E-state index in [0.29, 0.717) is 11.6 Å². The van der Waals surface area contributed by atoms with Crippen molar-refractivity contribution in [1.82, 2.24) is 4.90 Å². The van der Waals surface area contributed by atoms with Gasteiger partial charge in [0.25, 0.3) is 0 Å². The summed E-state index contributed by atoms with van der Waals surface area (Å²) < 4.78 is 0.807. The van der Waals surface area contributed by atoms with Gasteiger partial charge in [0.05, 0.1) is 5.56 Å². The van der Waals surface area contributed by atoms with Crippen LogP contribution in [0.15, 0.2) is 22.7 Å². The van der Waals surface area contributed by atoms with Crippen LogP contribution >= 0.6 is 15.9 Å². The molecule has 98 valence electrons. The molecule has 0 aromatic heterocycles. The van der Waals surface area contributed by atoms with E-state index in [-0.39, 0.29) is 0 Å². The van der Waals surface area contributed by atoms with Crippen molar-refractivity contribution in [2.45, 2.75) is 18.9 Å². The molecule has 2 rings (SSSR count). The Morgan fingerprint density at radius 2 is 2.11 bits per heavy atom. The van der Waals surface area contributed by atoms with Gasteiger partial charge in [-0.1, -0.05) is 0 Å². The normalized spacial score (nSPS) is 17.7. The fraction of sp³-hybridized carbons (Fsp3) is 0.462. The minimum absolute atomic E-state index is 0.302. The van der Waals surface area contributed by atoms with Gasteiger partial charge in [-0.2, -0.15) is 0 Å². The molecule has 1 aromatic rings. The average molecular weight is 313 g/mol. The summed E-state index contributed by atoms with van der Waals surface area (Å²) in [6.45, 7) is 2.20. The molecule has 5 heteroatoms. The third-order valence-electron chi connectivity index (χ3n) is 3.29. The molecule has 1 heterocycles. The number of benzene rings is 1. The number of anilines is 1. The number of carboxylic acid groups (broad SMARTS) is 1. The van der Waals surface area contributed by atoms with Crippen LogP contribution < -0.4 is 5.32 Å². The quantitative estimate of drug-likeness (QED) is 0.901. The van der Waals surface area contributed by atoms with Gasteiger partial charge in [0.15, 0.2) is 0 Å². The van der Waals surface area contributed by atoms with Crippen LogP contribution in [-0.2, 0) is 0 Å². The fourth-order valence-corrected chi connectivity index (χ4v) is 2.63. The number of halogens is 1. The number of carboxylic acids is 1. The van der Waals surface area contributed by atoms with Gasteiger partial charge in [-0.3, -0.25) is 0 Å². The van der Waals surface area contributed by atoms with Crippen LogP contribution in [0.4, 0.5) is 5.69 Å². The summed E-state index contributed by atoms with van der Waals surface area (Å²) in [4.78, 5) is 13.2. The Hall–Kier alpha value is -1.07. The van der Waals surface area contributed by atoms with E-state index < -0.39 is 5.97 Å². The first kappa shape index (κ1) is 13.4. The number of hydrogen-bond acceptors (Lipinski definition) is 3. The first-order valence-electron chi connectivity index (χ1n) is 6.04. The lowest BCUT2D eigenvalue weighted by Crippen LogP contribution is -2.36. The lowest BCUT2D eigenvalue weighted by molar-refractivity contribution is 0.0697. The summed E-state index contributed by atoms with van der Waals surface area (Å²) in [5, 5.41) is 12.4. The highest BCUT2D eigenvalue weighted by Gasteiger charge is 2.17. The van der Waals surface area contributed by atoms with Gasteiger partial charge in [0.2, 0.25) is 0 Å². The highest BCUT2D eigenvalue weighted by atomic mass is 79.9. The zero-order valence-corrected chi connectivity index (χ0v) is 11.9. The second kappa shape index (κ2) is 5.71. The molecule has 0 spiro atoms. The SMILES string of the molecule is CN1CCC(Nc2ccc(C(=O)O)cc2Br)CC1. The van der Waals surface area contributed by atoms with Crippen LogP contribution in [-0.4, -0.2) is 42.2 Å². The van der Waals surface area contributed by atoms with E-state index in [9.17, 15) is 4.79 Å². The van der Waals surface area contributed by atoms with Crippen LogP contribution in [0.2, 0.25) is 0 Å². The number of aromatic carboxylic acids is 1. The van der Waals surface area contributed by atoms with E-state index in [0.717, 1.165) is 36.1 Å². The molecule has 0 aliphatic carbocycles. The molecule has 4 nitrogen and oxygen atoms in total. The van der Waals surface area contributed by atoms with Crippen molar-refractivity contribution in [2.24, 2.45) is 0 Å². The van der Waals surface area contributed by atoms with Gasteiger partial charge in [-0.15, -0.1) is 0 Å². The van der Waals surface area contributed by atoms with Crippen molar-refractivity contribution in [3.8, 4) is 0 Å². The summed E-state index contributed by atoms with van der Waals surface area (Å²) in [6.07, 6.45) is 2.23. The molecule has 0 amide bonds. The van der Waals surface area contributed by atoms with Gasteiger partial charge in [0, 0.05) is 16.2 Å². The molecule has 2 N–H and O–H groups in total. The maximum Gasteiger partial charge on any atom is 0.335 e. The first-order chi connectivity index (χ1) is 8.56. The highest BCUT2D eigenvalue weighted by Crippen LogP contribution is 2.26. The maximum atomic E-state index is 10.8. The Morgan fingerprint density at radius 1 is 1.44 bits per heavy atom. The maximum absolute atomic E-state index is 10.8. The predicted octanol–water partition coefficient (Wildman–Crippen LogP) is 2.65. The Balaban J connectivity index is 2.03. The van der Waals surface area contributed by atoms with E-state index in [2.05, 4.69) is 33.2 Å². The van der Waals surface area contributed by atoms with E-state index in [1.165, 1.54) is 0 Å². The van der Waals surface area contributed by atoms with E-state index in [1.54, 1.807) is 12.1 Å². The number of rotatable bonds is 3. The molecule has 0 bridgehead atoms. The van der Waals surface area contributed by atoms with Crippen LogP contribution in [0.5, 0.6) is 0 Å². The monoisotopic (exact) mass is 312 g/mol. The Kier molecular flexibility index (Phi) is 4.24. The zero-order valence-electron chi connectivity index (χ0n) is 10.3. The number of likely N-dealkylation sites (tertiary alicyclic amines) is 1. The predicted molar refractivity (Wildman–Crippen MR) is 75.2 cm³/mol. The van der Waals surface area contributed by atoms with Crippen molar-refractivity contribution in [3.05, 3.63) is 28.2 Å². The second-order valence-corrected chi connectivity index (χ2v) is 5.58. The van der Waals surface area contributed by atoms with Crippen molar-refractivity contribution < 1.29 is 9.90 Å². The molecule has 1 aromatic carbocycles. The Labute approximate surface area is 115 Å². The summed E-state index contributed by atoms with van der Waals surface area (Å²) in [5.41, 5.74) is 1.27.